The number of esters is 1. The van der Waals surface area contributed by atoms with Crippen LogP contribution in [0.5, 0.6) is 5.88 Å². The summed E-state index contributed by atoms with van der Waals surface area (Å²) in [5, 5.41) is 2.62. The highest BCUT2D eigenvalue weighted by Gasteiger charge is 2.18. The molecule has 0 saturated heterocycles. The summed E-state index contributed by atoms with van der Waals surface area (Å²) in [7, 11) is 1.48. The van der Waals surface area contributed by atoms with Crippen molar-refractivity contribution in [2.45, 2.75) is 26.4 Å². The third-order valence-corrected chi connectivity index (χ3v) is 3.33. The predicted octanol–water partition coefficient (Wildman–Crippen LogP) is 2.75. The van der Waals surface area contributed by atoms with E-state index in [1.165, 1.54) is 25.4 Å². The topological polar surface area (TPSA) is 90.4 Å². The molecule has 0 fully saturated rings. The van der Waals surface area contributed by atoms with E-state index in [0.717, 1.165) is 11.5 Å². The molecule has 0 aliphatic carbocycles. The van der Waals surface area contributed by atoms with E-state index in [0.29, 0.717) is 22.1 Å². The Morgan fingerprint density at radius 1 is 1.26 bits per heavy atom. The van der Waals surface area contributed by atoms with Gasteiger partial charge in [0.15, 0.2) is 0 Å². The third kappa shape index (κ3) is 4.75. The fourth-order valence-corrected chi connectivity index (χ4v) is 2.17. The molecule has 0 radical (unpaired) electrons. The van der Waals surface area contributed by atoms with Crippen molar-refractivity contribution in [2.75, 3.05) is 12.4 Å². The van der Waals surface area contributed by atoms with Crippen LogP contribution in [0.1, 0.15) is 40.8 Å². The summed E-state index contributed by atoms with van der Waals surface area (Å²) in [6.45, 7) is 5.36. The molecule has 0 bridgehead atoms. The quantitative estimate of drug-likeness (QED) is 0.864. The number of carbonyl (C=O) groups is 2. The van der Waals surface area contributed by atoms with Gasteiger partial charge in [0.2, 0.25) is 5.88 Å². The first-order valence-corrected chi connectivity index (χ1v) is 7.57. The normalized spacial score (nSPS) is 11.0. The van der Waals surface area contributed by atoms with Gasteiger partial charge in [-0.15, -0.1) is 0 Å². The number of aromatic nitrogens is 2. The van der Waals surface area contributed by atoms with Crippen LogP contribution >= 0.6 is 11.5 Å². The maximum absolute atomic E-state index is 12.0. The van der Waals surface area contributed by atoms with Crippen LogP contribution in [0.3, 0.4) is 0 Å². The molecule has 1 amide bonds. The van der Waals surface area contributed by atoms with Crippen LogP contribution < -0.4 is 10.1 Å². The van der Waals surface area contributed by atoms with Gasteiger partial charge in [-0.1, -0.05) is 0 Å². The molecule has 23 heavy (non-hydrogen) atoms. The average molecular weight is 335 g/mol. The van der Waals surface area contributed by atoms with E-state index in [2.05, 4.69) is 14.7 Å². The molecule has 0 atom stereocenters. The number of hydrogen-bond donors (Lipinski definition) is 1. The van der Waals surface area contributed by atoms with Crippen LogP contribution in [0, 0.1) is 0 Å². The number of hydrogen-bond acceptors (Lipinski definition) is 7. The van der Waals surface area contributed by atoms with E-state index in [-0.39, 0.29) is 5.91 Å². The van der Waals surface area contributed by atoms with Gasteiger partial charge in [-0.3, -0.25) is 4.79 Å². The summed E-state index contributed by atoms with van der Waals surface area (Å²) in [5.41, 5.74) is -0.257. The molecule has 0 saturated carbocycles. The van der Waals surface area contributed by atoms with E-state index in [1.54, 1.807) is 26.8 Å². The SMILES string of the molecule is COc1cc(C(=O)Nc2ccc(C(=O)OC(C)(C)C)cn2)sn1. The second kappa shape index (κ2) is 6.74. The Labute approximate surface area is 137 Å². The minimum absolute atomic E-state index is 0.317. The lowest BCUT2D eigenvalue weighted by molar-refractivity contribution is 0.00691. The molecule has 0 unspecified atom stereocenters. The molecule has 0 aromatic carbocycles. The first-order valence-electron chi connectivity index (χ1n) is 6.80. The van der Waals surface area contributed by atoms with Gasteiger partial charge in [0.25, 0.3) is 5.91 Å². The van der Waals surface area contributed by atoms with Crippen molar-refractivity contribution in [2.24, 2.45) is 0 Å². The summed E-state index contributed by atoms with van der Waals surface area (Å²) in [6.07, 6.45) is 1.36. The molecule has 1 N–H and O–H groups in total. The number of ether oxygens (including phenoxy) is 2. The van der Waals surface area contributed by atoms with Crippen LogP contribution in [0.15, 0.2) is 24.4 Å². The number of methoxy groups -OCH3 is 1. The highest BCUT2D eigenvalue weighted by Crippen LogP contribution is 2.18. The van der Waals surface area contributed by atoms with Crippen LogP contribution in [-0.4, -0.2) is 33.9 Å². The van der Waals surface area contributed by atoms with Crippen molar-refractivity contribution < 1.29 is 19.1 Å². The molecule has 2 aromatic heterocycles. The molecule has 2 heterocycles. The van der Waals surface area contributed by atoms with E-state index < -0.39 is 11.6 Å². The maximum Gasteiger partial charge on any atom is 0.340 e. The van der Waals surface area contributed by atoms with Gasteiger partial charge < -0.3 is 14.8 Å². The fraction of sp³-hybridized carbons (Fsp3) is 0.333. The molecule has 0 aliphatic rings. The molecule has 7 nitrogen and oxygen atoms in total. The van der Waals surface area contributed by atoms with Gasteiger partial charge in [-0.05, 0) is 44.4 Å². The summed E-state index contributed by atoms with van der Waals surface area (Å²) >= 11 is 1.03. The number of nitrogens with one attached hydrogen (secondary N) is 1. The van der Waals surface area contributed by atoms with Crippen LogP contribution in [-0.2, 0) is 4.74 Å². The molecule has 2 aromatic rings. The van der Waals surface area contributed by atoms with Crippen molar-refractivity contribution in [1.29, 1.82) is 0 Å². The molecule has 0 spiro atoms. The lowest BCUT2D eigenvalue weighted by Crippen LogP contribution is -2.24. The Hall–Kier alpha value is -2.48. The minimum atomic E-state index is -0.574. The number of anilines is 1. The van der Waals surface area contributed by atoms with Crippen molar-refractivity contribution in [3.63, 3.8) is 0 Å². The smallest absolute Gasteiger partial charge is 0.340 e. The molecule has 8 heteroatoms. The average Bonchev–Trinajstić information content (AvgIpc) is 2.95. The van der Waals surface area contributed by atoms with Gasteiger partial charge in [-0.2, -0.15) is 4.37 Å². The van der Waals surface area contributed by atoms with Crippen LogP contribution in [0.2, 0.25) is 0 Å². The first kappa shape index (κ1) is 16.9. The standard InChI is InChI=1S/C15H17N3O4S/c1-15(2,3)22-14(20)9-5-6-11(16-8-9)17-13(19)10-7-12(21-4)18-23-10/h5-8H,1-4H3,(H,16,17,19). The maximum atomic E-state index is 12.0. The van der Waals surface area contributed by atoms with Crippen LogP contribution in [0.4, 0.5) is 5.82 Å². The van der Waals surface area contributed by atoms with Crippen molar-refractivity contribution in [1.82, 2.24) is 9.36 Å². The Morgan fingerprint density at radius 2 is 2.00 bits per heavy atom. The van der Waals surface area contributed by atoms with Crippen molar-refractivity contribution in [3.05, 3.63) is 34.8 Å². The molecule has 122 valence electrons. The van der Waals surface area contributed by atoms with Gasteiger partial charge in [-0.25, -0.2) is 9.78 Å². The first-order chi connectivity index (χ1) is 10.8. The second-order valence-electron chi connectivity index (χ2n) is 5.62. The zero-order chi connectivity index (χ0) is 17.0. The highest BCUT2D eigenvalue weighted by molar-refractivity contribution is 7.08. The summed E-state index contributed by atoms with van der Waals surface area (Å²) in [6, 6.07) is 4.62. The van der Waals surface area contributed by atoms with Gasteiger partial charge in [0.1, 0.15) is 16.3 Å². The largest absolute Gasteiger partial charge is 0.480 e. The lowest BCUT2D eigenvalue weighted by atomic mass is 10.2. The lowest BCUT2D eigenvalue weighted by Gasteiger charge is -2.19. The fourth-order valence-electron chi connectivity index (χ4n) is 1.57. The zero-order valence-corrected chi connectivity index (χ0v) is 14.1. The monoisotopic (exact) mass is 335 g/mol. The van der Waals surface area contributed by atoms with Gasteiger partial charge in [0, 0.05) is 12.3 Å². The van der Waals surface area contributed by atoms with E-state index in [1.807, 2.05) is 0 Å². The van der Waals surface area contributed by atoms with Crippen molar-refractivity contribution in [3.8, 4) is 5.88 Å². The van der Waals surface area contributed by atoms with E-state index in [4.69, 9.17) is 9.47 Å². The highest BCUT2D eigenvalue weighted by atomic mass is 32.1. The van der Waals surface area contributed by atoms with Gasteiger partial charge >= 0.3 is 5.97 Å². The Kier molecular flexibility index (Phi) is 4.95. The number of rotatable bonds is 4. The second-order valence-corrected chi connectivity index (χ2v) is 6.43. The number of nitrogens with zero attached hydrogens (tertiary/aromatic N) is 2. The minimum Gasteiger partial charge on any atom is -0.480 e. The molecule has 0 aliphatic heterocycles. The molecule has 2 rings (SSSR count). The Bertz CT molecular complexity index is 704. The van der Waals surface area contributed by atoms with E-state index in [9.17, 15) is 9.59 Å². The van der Waals surface area contributed by atoms with E-state index >= 15 is 0 Å². The number of pyridine rings is 1. The number of amides is 1. The van der Waals surface area contributed by atoms with Crippen LogP contribution in [0.25, 0.3) is 0 Å². The zero-order valence-electron chi connectivity index (χ0n) is 13.2. The Balaban J connectivity index is 2.02. The molecular formula is C15H17N3O4S. The summed E-state index contributed by atoms with van der Waals surface area (Å²) in [4.78, 5) is 28.3. The predicted molar refractivity (Wildman–Crippen MR) is 86.0 cm³/mol. The summed E-state index contributed by atoms with van der Waals surface area (Å²) in [5.74, 6) is -0.0959. The molecular weight excluding hydrogens is 318 g/mol. The van der Waals surface area contributed by atoms with Gasteiger partial charge in [0.05, 0.1) is 12.7 Å². The van der Waals surface area contributed by atoms with Crippen molar-refractivity contribution >= 4 is 29.2 Å². The Morgan fingerprint density at radius 3 is 2.52 bits per heavy atom. The summed E-state index contributed by atoms with van der Waals surface area (Å²) < 4.78 is 14.1. The number of carbonyl (C=O) groups excluding carboxylic acids is 2. The third-order valence-electron chi connectivity index (χ3n) is 2.56.